The van der Waals surface area contributed by atoms with Gasteiger partial charge in [0.05, 0.1) is 24.0 Å². The average molecular weight is 262 g/mol. The van der Waals surface area contributed by atoms with Gasteiger partial charge in [0.15, 0.2) is 5.69 Å². The molecule has 0 amide bonds. The molecule has 1 unspecified atom stereocenters. The van der Waals surface area contributed by atoms with Crippen LogP contribution in [-0.2, 0) is 4.74 Å². The molecule has 0 radical (unpaired) electrons. The Labute approximate surface area is 112 Å². The smallest absolute Gasteiger partial charge is 0.165 e. The van der Waals surface area contributed by atoms with Gasteiger partial charge < -0.3 is 20.5 Å². The lowest BCUT2D eigenvalue weighted by Crippen LogP contribution is -2.54. The summed E-state index contributed by atoms with van der Waals surface area (Å²) in [6.45, 7) is 5.07. The molecule has 6 heteroatoms. The van der Waals surface area contributed by atoms with Crippen molar-refractivity contribution in [2.45, 2.75) is 25.6 Å². The molecule has 0 bridgehead atoms. The van der Waals surface area contributed by atoms with E-state index in [1.165, 1.54) is 0 Å². The molecular formula is C13H18N4O2. The van der Waals surface area contributed by atoms with E-state index in [2.05, 4.69) is 4.98 Å². The number of hydrogen-bond donors (Lipinski definition) is 2. The summed E-state index contributed by atoms with van der Waals surface area (Å²) in [7, 11) is 0. The molecule has 6 nitrogen and oxygen atoms in total. The molecule has 0 saturated carbocycles. The summed E-state index contributed by atoms with van der Waals surface area (Å²) in [5.41, 5.74) is 5.89. The maximum absolute atomic E-state index is 9.29. The van der Waals surface area contributed by atoms with Crippen molar-refractivity contribution in [3.8, 4) is 6.07 Å². The number of aliphatic hydroxyl groups excluding tert-OH is 1. The molecule has 2 heterocycles. The van der Waals surface area contributed by atoms with Gasteiger partial charge in [-0.15, -0.1) is 0 Å². The average Bonchev–Trinajstić information content (AvgIpc) is 2.37. The fraction of sp³-hybridized carbons (Fsp3) is 0.538. The maximum atomic E-state index is 9.29. The van der Waals surface area contributed by atoms with Crippen LogP contribution in [0.1, 0.15) is 19.5 Å². The van der Waals surface area contributed by atoms with Crippen LogP contribution in [0.3, 0.4) is 0 Å². The highest BCUT2D eigenvalue weighted by Gasteiger charge is 2.33. The molecule has 1 fully saturated rings. The van der Waals surface area contributed by atoms with E-state index in [4.69, 9.17) is 15.7 Å². The van der Waals surface area contributed by atoms with Crippen molar-refractivity contribution in [3.63, 3.8) is 0 Å². The van der Waals surface area contributed by atoms with Crippen LogP contribution in [0.2, 0.25) is 0 Å². The van der Waals surface area contributed by atoms with Crippen LogP contribution in [0.4, 0.5) is 11.5 Å². The van der Waals surface area contributed by atoms with Gasteiger partial charge >= 0.3 is 0 Å². The van der Waals surface area contributed by atoms with Crippen molar-refractivity contribution in [1.29, 1.82) is 5.26 Å². The minimum atomic E-state index is -0.373. The van der Waals surface area contributed by atoms with Crippen molar-refractivity contribution in [3.05, 3.63) is 17.8 Å². The summed E-state index contributed by atoms with van der Waals surface area (Å²) in [6.07, 6.45) is -0.256. The van der Waals surface area contributed by atoms with Gasteiger partial charge in [-0.2, -0.15) is 5.26 Å². The first-order chi connectivity index (χ1) is 8.95. The van der Waals surface area contributed by atoms with Gasteiger partial charge in [0.2, 0.25) is 0 Å². The second-order valence-corrected chi connectivity index (χ2v) is 5.28. The molecular weight excluding hydrogens is 244 g/mol. The molecule has 0 aromatic carbocycles. The van der Waals surface area contributed by atoms with Crippen LogP contribution in [0.25, 0.3) is 0 Å². The number of aliphatic hydroxyl groups is 1. The Hall–Kier alpha value is -1.84. The van der Waals surface area contributed by atoms with E-state index in [9.17, 15) is 5.11 Å². The molecule has 3 N–H and O–H groups in total. The van der Waals surface area contributed by atoms with Crippen molar-refractivity contribution in [1.82, 2.24) is 4.98 Å². The number of nitrogens with two attached hydrogens (primary N) is 1. The molecule has 19 heavy (non-hydrogen) atoms. The molecule has 0 spiro atoms. The Morgan fingerprint density at radius 1 is 1.63 bits per heavy atom. The number of hydrogen-bond acceptors (Lipinski definition) is 6. The zero-order chi connectivity index (χ0) is 14.0. The Morgan fingerprint density at radius 3 is 3.00 bits per heavy atom. The Bertz CT molecular complexity index is 510. The third-order valence-corrected chi connectivity index (χ3v) is 3.03. The second-order valence-electron chi connectivity index (χ2n) is 5.28. The monoisotopic (exact) mass is 262 g/mol. The summed E-state index contributed by atoms with van der Waals surface area (Å²) < 4.78 is 5.75. The minimum absolute atomic E-state index is 0.0417. The summed E-state index contributed by atoms with van der Waals surface area (Å²) in [4.78, 5) is 6.26. The van der Waals surface area contributed by atoms with Gasteiger partial charge in [-0.3, -0.25) is 0 Å². The molecule has 1 atom stereocenters. The van der Waals surface area contributed by atoms with Crippen molar-refractivity contribution < 1.29 is 9.84 Å². The molecule has 0 aliphatic carbocycles. The number of anilines is 2. The standard InChI is InChI=1S/C13H18N4O2/c1-13(2)8-17(6-9(7-18)19-13)12-4-3-10(15)11(5-14)16-12/h3-4,9,18H,6-8,15H2,1-2H3. The maximum Gasteiger partial charge on any atom is 0.165 e. The molecule has 1 saturated heterocycles. The molecule has 1 aliphatic rings. The van der Waals surface area contributed by atoms with Gasteiger partial charge in [-0.05, 0) is 26.0 Å². The van der Waals surface area contributed by atoms with Gasteiger partial charge in [0.25, 0.3) is 0 Å². The SMILES string of the molecule is CC1(C)CN(c2ccc(N)c(C#N)n2)CC(CO)O1. The van der Waals surface area contributed by atoms with E-state index in [1.807, 2.05) is 24.8 Å². The number of rotatable bonds is 2. The highest BCUT2D eigenvalue weighted by molar-refractivity contribution is 5.55. The quantitative estimate of drug-likeness (QED) is 0.806. The van der Waals surface area contributed by atoms with Crippen LogP contribution in [0.15, 0.2) is 12.1 Å². The van der Waals surface area contributed by atoms with Crippen molar-refractivity contribution in [2.75, 3.05) is 30.3 Å². The molecule has 102 valence electrons. The zero-order valence-corrected chi connectivity index (χ0v) is 11.1. The lowest BCUT2D eigenvalue weighted by atomic mass is 10.1. The van der Waals surface area contributed by atoms with Crippen molar-refractivity contribution in [2.24, 2.45) is 0 Å². The highest BCUT2D eigenvalue weighted by atomic mass is 16.5. The predicted octanol–water partition coefficient (Wildman–Crippen LogP) is 0.512. The van der Waals surface area contributed by atoms with E-state index in [-0.39, 0.29) is 24.0 Å². The first-order valence-corrected chi connectivity index (χ1v) is 6.15. The normalized spacial score (nSPS) is 22.0. The molecule has 1 aromatic rings. The first-order valence-electron chi connectivity index (χ1n) is 6.15. The summed E-state index contributed by atoms with van der Waals surface area (Å²) in [5.74, 6) is 0.681. The third-order valence-electron chi connectivity index (χ3n) is 3.03. The fourth-order valence-corrected chi connectivity index (χ4v) is 2.29. The number of nitrogens with zero attached hydrogens (tertiary/aromatic N) is 3. The van der Waals surface area contributed by atoms with E-state index >= 15 is 0 Å². The van der Waals surface area contributed by atoms with Gasteiger partial charge in [0.1, 0.15) is 11.9 Å². The minimum Gasteiger partial charge on any atom is -0.396 e. The number of morpholine rings is 1. The number of nitriles is 1. The number of nitrogen functional groups attached to an aromatic ring is 1. The Balaban J connectivity index is 2.28. The van der Waals surface area contributed by atoms with Crippen molar-refractivity contribution >= 4 is 11.5 Å². The van der Waals surface area contributed by atoms with E-state index in [1.54, 1.807) is 12.1 Å². The number of aromatic nitrogens is 1. The van der Waals surface area contributed by atoms with Gasteiger partial charge in [0, 0.05) is 13.1 Å². The topological polar surface area (TPSA) is 95.4 Å². The van der Waals surface area contributed by atoms with Crippen LogP contribution < -0.4 is 10.6 Å². The van der Waals surface area contributed by atoms with Crippen LogP contribution in [0, 0.1) is 11.3 Å². The van der Waals surface area contributed by atoms with E-state index in [0.717, 1.165) is 0 Å². The number of pyridine rings is 1. The fourth-order valence-electron chi connectivity index (χ4n) is 2.29. The lowest BCUT2D eigenvalue weighted by molar-refractivity contribution is -0.101. The molecule has 1 aliphatic heterocycles. The van der Waals surface area contributed by atoms with Crippen LogP contribution >= 0.6 is 0 Å². The van der Waals surface area contributed by atoms with Gasteiger partial charge in [-0.1, -0.05) is 0 Å². The Morgan fingerprint density at radius 2 is 2.37 bits per heavy atom. The second kappa shape index (κ2) is 5.03. The van der Waals surface area contributed by atoms with E-state index < -0.39 is 0 Å². The summed E-state index contributed by atoms with van der Waals surface area (Å²) >= 11 is 0. The summed E-state index contributed by atoms with van der Waals surface area (Å²) in [5, 5.41) is 18.3. The molecule has 2 rings (SSSR count). The third kappa shape index (κ3) is 2.95. The van der Waals surface area contributed by atoms with Gasteiger partial charge in [-0.25, -0.2) is 4.98 Å². The summed E-state index contributed by atoms with van der Waals surface area (Å²) in [6, 6.07) is 5.44. The lowest BCUT2D eigenvalue weighted by Gasteiger charge is -2.42. The zero-order valence-electron chi connectivity index (χ0n) is 11.1. The Kier molecular flexibility index (Phi) is 3.60. The number of ether oxygens (including phenoxy) is 1. The first kappa shape index (κ1) is 13.6. The van der Waals surface area contributed by atoms with E-state index in [0.29, 0.717) is 24.6 Å². The predicted molar refractivity (Wildman–Crippen MR) is 71.6 cm³/mol. The van der Waals surface area contributed by atoms with Crippen LogP contribution in [-0.4, -0.2) is 41.5 Å². The molecule has 1 aromatic heterocycles. The highest BCUT2D eigenvalue weighted by Crippen LogP contribution is 2.25. The van der Waals surface area contributed by atoms with Crippen LogP contribution in [0.5, 0.6) is 0 Å². The largest absolute Gasteiger partial charge is 0.396 e.